The molecule has 2 heterocycles. The quantitative estimate of drug-likeness (QED) is 0.721. The van der Waals surface area contributed by atoms with E-state index in [-0.39, 0.29) is 5.91 Å². The molecule has 0 unspecified atom stereocenters. The molecule has 5 nitrogen and oxygen atoms in total. The fourth-order valence-corrected chi connectivity index (χ4v) is 2.52. The van der Waals surface area contributed by atoms with Gasteiger partial charge in [-0.05, 0) is 47.5 Å². The Morgan fingerprint density at radius 3 is 2.48 bits per heavy atom. The summed E-state index contributed by atoms with van der Waals surface area (Å²) in [6.45, 7) is 0.888. The fraction of sp³-hybridized carbons (Fsp3) is 0.100. The second-order valence-corrected chi connectivity index (χ2v) is 5.57. The first kappa shape index (κ1) is 16.3. The maximum Gasteiger partial charge on any atom is 0.254 e. The zero-order valence-electron chi connectivity index (χ0n) is 13.5. The predicted octanol–water partition coefficient (Wildman–Crippen LogP) is 3.19. The van der Waals surface area contributed by atoms with Gasteiger partial charge < -0.3 is 4.90 Å². The summed E-state index contributed by atoms with van der Waals surface area (Å²) in [5.74, 6) is -0.127. The molecule has 1 amide bonds. The molecule has 0 saturated heterocycles. The van der Waals surface area contributed by atoms with Gasteiger partial charge in [0.15, 0.2) is 0 Å². The van der Waals surface area contributed by atoms with Crippen LogP contribution >= 0.6 is 0 Å². The molecule has 1 aromatic carbocycles. The van der Waals surface area contributed by atoms with Gasteiger partial charge in [0.05, 0.1) is 11.6 Å². The van der Waals surface area contributed by atoms with Crippen LogP contribution in [-0.4, -0.2) is 20.8 Å². The number of hydrogen-bond acceptors (Lipinski definition) is 4. The van der Waals surface area contributed by atoms with Crippen molar-refractivity contribution >= 4 is 5.91 Å². The fourth-order valence-electron chi connectivity index (χ4n) is 2.52. The van der Waals surface area contributed by atoms with Crippen LogP contribution in [0, 0.1) is 11.3 Å². The molecule has 0 N–H and O–H groups in total. The Morgan fingerprint density at radius 1 is 0.960 bits per heavy atom. The maximum absolute atomic E-state index is 13.0. The van der Waals surface area contributed by atoms with Crippen molar-refractivity contribution in [1.82, 2.24) is 14.9 Å². The van der Waals surface area contributed by atoms with Crippen LogP contribution in [0.2, 0.25) is 0 Å². The third kappa shape index (κ3) is 4.27. The van der Waals surface area contributed by atoms with Crippen LogP contribution < -0.4 is 0 Å². The SMILES string of the molecule is N#Cc1cccc(C(=O)N(Cc2ccncc2)Cc2cccnc2)c1. The van der Waals surface area contributed by atoms with E-state index < -0.39 is 0 Å². The van der Waals surface area contributed by atoms with Crippen molar-refractivity contribution in [2.24, 2.45) is 0 Å². The van der Waals surface area contributed by atoms with Gasteiger partial charge in [0, 0.05) is 43.4 Å². The van der Waals surface area contributed by atoms with Crippen molar-refractivity contribution in [3.8, 4) is 6.07 Å². The predicted molar refractivity (Wildman–Crippen MR) is 93.2 cm³/mol. The van der Waals surface area contributed by atoms with Crippen molar-refractivity contribution in [3.63, 3.8) is 0 Å². The summed E-state index contributed by atoms with van der Waals surface area (Å²) in [7, 11) is 0. The smallest absolute Gasteiger partial charge is 0.254 e. The van der Waals surface area contributed by atoms with E-state index in [1.807, 2.05) is 24.3 Å². The molecule has 0 spiro atoms. The molecular formula is C20H16N4O. The Bertz CT molecular complexity index is 847. The highest BCUT2D eigenvalue weighted by Gasteiger charge is 2.17. The minimum atomic E-state index is -0.127. The first-order valence-electron chi connectivity index (χ1n) is 7.83. The van der Waals surface area contributed by atoms with E-state index in [0.717, 1.165) is 11.1 Å². The lowest BCUT2D eigenvalue weighted by Gasteiger charge is -2.23. The van der Waals surface area contributed by atoms with Gasteiger partial charge in [-0.2, -0.15) is 5.26 Å². The van der Waals surface area contributed by atoms with E-state index in [0.29, 0.717) is 24.2 Å². The zero-order valence-corrected chi connectivity index (χ0v) is 13.5. The first-order chi connectivity index (χ1) is 12.3. The summed E-state index contributed by atoms with van der Waals surface area (Å²) in [4.78, 5) is 22.9. The second kappa shape index (κ2) is 7.84. The van der Waals surface area contributed by atoms with Crippen molar-refractivity contribution in [2.45, 2.75) is 13.1 Å². The number of nitriles is 1. The van der Waals surface area contributed by atoms with Crippen LogP contribution in [0.5, 0.6) is 0 Å². The molecule has 0 fully saturated rings. The lowest BCUT2D eigenvalue weighted by molar-refractivity contribution is 0.0730. The van der Waals surface area contributed by atoms with Gasteiger partial charge in [0.25, 0.3) is 5.91 Å². The summed E-state index contributed by atoms with van der Waals surface area (Å²) in [6, 6.07) is 16.4. The van der Waals surface area contributed by atoms with E-state index in [4.69, 9.17) is 5.26 Å². The van der Waals surface area contributed by atoms with E-state index >= 15 is 0 Å². The van der Waals surface area contributed by atoms with Crippen molar-refractivity contribution in [2.75, 3.05) is 0 Å². The van der Waals surface area contributed by atoms with Crippen molar-refractivity contribution in [3.05, 3.63) is 95.6 Å². The Morgan fingerprint density at radius 2 is 1.76 bits per heavy atom. The molecule has 0 radical (unpaired) electrons. The number of benzene rings is 1. The average molecular weight is 328 g/mol. The van der Waals surface area contributed by atoms with Crippen LogP contribution in [0.4, 0.5) is 0 Å². The third-order valence-electron chi connectivity index (χ3n) is 3.74. The van der Waals surface area contributed by atoms with E-state index in [1.54, 1.807) is 54.0 Å². The number of aromatic nitrogens is 2. The molecule has 3 rings (SSSR count). The second-order valence-electron chi connectivity index (χ2n) is 5.57. The molecule has 0 bridgehead atoms. The molecule has 122 valence electrons. The standard InChI is InChI=1S/C20H16N4O/c21-12-17-3-1-5-19(11-17)20(25)24(14-16-6-9-22-10-7-16)15-18-4-2-8-23-13-18/h1-11,13H,14-15H2. The molecule has 2 aromatic heterocycles. The lowest BCUT2D eigenvalue weighted by atomic mass is 10.1. The molecule has 5 heteroatoms. The van der Waals surface area contributed by atoms with Gasteiger partial charge in [-0.3, -0.25) is 14.8 Å². The number of rotatable bonds is 5. The molecule has 25 heavy (non-hydrogen) atoms. The van der Waals surface area contributed by atoms with Crippen molar-refractivity contribution < 1.29 is 4.79 Å². The maximum atomic E-state index is 13.0. The average Bonchev–Trinajstić information content (AvgIpc) is 2.68. The topological polar surface area (TPSA) is 69.9 Å². The monoisotopic (exact) mass is 328 g/mol. The lowest BCUT2D eigenvalue weighted by Crippen LogP contribution is -2.30. The number of pyridine rings is 2. The zero-order chi connectivity index (χ0) is 17.5. The summed E-state index contributed by atoms with van der Waals surface area (Å²) in [5, 5.41) is 9.06. The first-order valence-corrected chi connectivity index (χ1v) is 7.83. The summed E-state index contributed by atoms with van der Waals surface area (Å²) in [5.41, 5.74) is 2.90. The molecule has 3 aromatic rings. The third-order valence-corrected chi connectivity index (χ3v) is 3.74. The Labute approximate surface area is 146 Å². The summed E-state index contributed by atoms with van der Waals surface area (Å²) >= 11 is 0. The number of amides is 1. The highest BCUT2D eigenvalue weighted by molar-refractivity contribution is 5.94. The summed E-state index contributed by atoms with van der Waals surface area (Å²) < 4.78 is 0. The number of carbonyl (C=O) groups excluding carboxylic acids is 1. The largest absolute Gasteiger partial charge is 0.330 e. The van der Waals surface area contributed by atoms with Crippen LogP contribution in [0.25, 0.3) is 0 Å². The van der Waals surface area contributed by atoms with Gasteiger partial charge in [-0.25, -0.2) is 0 Å². The van der Waals surface area contributed by atoms with E-state index in [2.05, 4.69) is 16.0 Å². The Kier molecular flexibility index (Phi) is 5.13. The molecule has 0 atom stereocenters. The minimum Gasteiger partial charge on any atom is -0.330 e. The number of carbonyl (C=O) groups is 1. The van der Waals surface area contributed by atoms with Crippen LogP contribution in [0.3, 0.4) is 0 Å². The molecule has 0 saturated carbocycles. The van der Waals surface area contributed by atoms with Crippen LogP contribution in [-0.2, 0) is 13.1 Å². The van der Waals surface area contributed by atoms with Gasteiger partial charge >= 0.3 is 0 Å². The van der Waals surface area contributed by atoms with Gasteiger partial charge in [0.1, 0.15) is 0 Å². The highest BCUT2D eigenvalue weighted by Crippen LogP contribution is 2.14. The molecule has 0 aliphatic heterocycles. The number of nitrogens with zero attached hydrogens (tertiary/aromatic N) is 4. The highest BCUT2D eigenvalue weighted by atomic mass is 16.2. The van der Waals surface area contributed by atoms with Gasteiger partial charge in [-0.15, -0.1) is 0 Å². The Balaban J connectivity index is 1.89. The van der Waals surface area contributed by atoms with Gasteiger partial charge in [0.2, 0.25) is 0 Å². The molecular weight excluding hydrogens is 312 g/mol. The minimum absolute atomic E-state index is 0.127. The van der Waals surface area contributed by atoms with E-state index in [9.17, 15) is 4.79 Å². The van der Waals surface area contributed by atoms with E-state index in [1.165, 1.54) is 0 Å². The Hall–Kier alpha value is -3.52. The summed E-state index contributed by atoms with van der Waals surface area (Å²) in [6.07, 6.45) is 6.87. The normalized spacial score (nSPS) is 10.0. The molecule has 0 aliphatic carbocycles. The number of hydrogen-bond donors (Lipinski definition) is 0. The molecule has 0 aliphatic rings. The van der Waals surface area contributed by atoms with Crippen molar-refractivity contribution in [1.29, 1.82) is 5.26 Å². The van der Waals surface area contributed by atoms with Crippen LogP contribution in [0.15, 0.2) is 73.3 Å². The van der Waals surface area contributed by atoms with Gasteiger partial charge in [-0.1, -0.05) is 12.1 Å². The van der Waals surface area contributed by atoms with Crippen LogP contribution in [0.1, 0.15) is 27.0 Å².